The molecule has 152 valence electrons. The Labute approximate surface area is 186 Å². The second-order valence-corrected chi connectivity index (χ2v) is 8.86. The summed E-state index contributed by atoms with van der Waals surface area (Å²) in [4.78, 5) is 0. The maximum atomic E-state index is 2.46. The Balaban J connectivity index is 1.42. The number of hydrogen-bond donors (Lipinski definition) is 0. The van der Waals surface area contributed by atoms with Gasteiger partial charge in [-0.3, -0.25) is 0 Å². The Bertz CT molecular complexity index is 1690. The van der Waals surface area contributed by atoms with Gasteiger partial charge in [-0.1, -0.05) is 78.9 Å². The smallest absolute Gasteiger partial charge is 0.0537 e. The molecule has 0 saturated heterocycles. The van der Waals surface area contributed by atoms with Gasteiger partial charge in [-0.15, -0.1) is 0 Å². The van der Waals surface area contributed by atoms with Gasteiger partial charge in [-0.2, -0.15) is 0 Å². The predicted octanol–water partition coefficient (Wildman–Crippen LogP) is 6.63. The molecule has 32 heavy (non-hydrogen) atoms. The molecule has 0 saturated carbocycles. The molecule has 0 fully saturated rings. The first-order chi connectivity index (χ1) is 15.9. The fourth-order valence-corrected chi connectivity index (χ4v) is 5.65. The van der Waals surface area contributed by atoms with E-state index in [0.29, 0.717) is 0 Å². The highest BCUT2D eigenvalue weighted by Gasteiger charge is 2.20. The van der Waals surface area contributed by atoms with Crippen LogP contribution in [0.25, 0.3) is 56.0 Å². The zero-order valence-electron chi connectivity index (χ0n) is 17.9. The number of nitrogens with zero attached hydrogens (tertiary/aromatic N) is 1. The lowest BCUT2D eigenvalue weighted by atomic mass is 9.91. The average Bonchev–Trinajstić information content (AvgIpc) is 3.45. The number of para-hydroxylation sites is 2. The van der Waals surface area contributed by atoms with Gasteiger partial charge in [-0.25, -0.2) is 0 Å². The average molecular weight is 410 g/mol. The number of allylic oxidation sites excluding steroid dienone is 4. The standard InChI is InChI=1S/C31H23N/c1-3-11-25-21(9-1)19-22-10-2-4-12-26(22)31(25)23-17-18-24(20-23)32-29-15-7-5-13-27(29)28-14-6-8-16-30(28)32/h1,3,5-19H,2,4,20H2. The zero-order valence-corrected chi connectivity index (χ0v) is 17.9. The van der Waals surface area contributed by atoms with Crippen molar-refractivity contribution < 1.29 is 0 Å². The molecule has 1 heteroatoms. The molecule has 1 nitrogen and oxygen atoms in total. The van der Waals surface area contributed by atoms with E-state index in [1.54, 1.807) is 0 Å². The van der Waals surface area contributed by atoms with Gasteiger partial charge < -0.3 is 4.57 Å². The van der Waals surface area contributed by atoms with Gasteiger partial charge in [0.2, 0.25) is 0 Å². The topological polar surface area (TPSA) is 4.93 Å². The van der Waals surface area contributed by atoms with E-state index in [1.807, 2.05) is 0 Å². The van der Waals surface area contributed by atoms with Crippen molar-refractivity contribution in [2.75, 3.05) is 0 Å². The van der Waals surface area contributed by atoms with E-state index >= 15 is 0 Å². The van der Waals surface area contributed by atoms with E-state index < -0.39 is 0 Å². The molecule has 1 aromatic heterocycles. The number of benzene rings is 4. The fraction of sp³-hybridized carbons (Fsp3) is 0.0968. The molecule has 0 unspecified atom stereocenters. The molecule has 0 spiro atoms. The predicted molar refractivity (Wildman–Crippen MR) is 138 cm³/mol. The number of hydrogen-bond acceptors (Lipinski definition) is 0. The molecular formula is C31H23N. The minimum atomic E-state index is 0.941. The van der Waals surface area contributed by atoms with E-state index in [9.17, 15) is 0 Å². The molecule has 4 aromatic carbocycles. The van der Waals surface area contributed by atoms with Crippen molar-refractivity contribution >= 4 is 56.0 Å². The SMILES string of the molecule is C1=C(c2c3c(cc4ccccc24)=CCCC=3)CC(n2c3ccccc3c3ccccc32)=C1. The Morgan fingerprint density at radius 2 is 1.28 bits per heavy atom. The van der Waals surface area contributed by atoms with Crippen molar-refractivity contribution in [3.05, 3.63) is 107 Å². The normalized spacial score (nSPS) is 15.4. The Kier molecular flexibility index (Phi) is 3.80. The molecule has 0 aliphatic heterocycles. The van der Waals surface area contributed by atoms with Crippen LogP contribution in [0.4, 0.5) is 0 Å². The van der Waals surface area contributed by atoms with Gasteiger partial charge in [0.1, 0.15) is 0 Å². The number of aromatic nitrogens is 1. The van der Waals surface area contributed by atoms with Crippen LogP contribution < -0.4 is 10.4 Å². The summed E-state index contributed by atoms with van der Waals surface area (Å²) in [5.74, 6) is 0. The van der Waals surface area contributed by atoms with Crippen molar-refractivity contribution in [1.82, 2.24) is 4.57 Å². The molecule has 0 amide bonds. The summed E-state index contributed by atoms with van der Waals surface area (Å²) in [5, 5.41) is 8.14. The van der Waals surface area contributed by atoms with Crippen LogP contribution in [0.5, 0.6) is 0 Å². The van der Waals surface area contributed by atoms with Crippen LogP contribution in [0.2, 0.25) is 0 Å². The number of fused-ring (bicyclic) bond motifs is 5. The van der Waals surface area contributed by atoms with Gasteiger partial charge in [-0.05, 0) is 69.5 Å². The van der Waals surface area contributed by atoms with E-state index in [-0.39, 0.29) is 0 Å². The summed E-state index contributed by atoms with van der Waals surface area (Å²) >= 11 is 0. The fourth-order valence-electron chi connectivity index (χ4n) is 5.65. The minimum absolute atomic E-state index is 0.941. The molecular weight excluding hydrogens is 386 g/mol. The minimum Gasteiger partial charge on any atom is -0.313 e. The number of rotatable bonds is 2. The van der Waals surface area contributed by atoms with Gasteiger partial charge >= 0.3 is 0 Å². The lowest BCUT2D eigenvalue weighted by Gasteiger charge is -2.15. The first-order valence-corrected chi connectivity index (χ1v) is 11.5. The summed E-state index contributed by atoms with van der Waals surface area (Å²) in [7, 11) is 0. The molecule has 0 N–H and O–H groups in total. The zero-order chi connectivity index (χ0) is 21.1. The molecule has 0 radical (unpaired) electrons. The van der Waals surface area contributed by atoms with E-state index in [4.69, 9.17) is 0 Å². The Morgan fingerprint density at radius 3 is 2.06 bits per heavy atom. The van der Waals surface area contributed by atoms with Crippen molar-refractivity contribution in [1.29, 1.82) is 0 Å². The maximum absolute atomic E-state index is 2.46. The van der Waals surface area contributed by atoms with Gasteiger partial charge in [0.15, 0.2) is 0 Å². The van der Waals surface area contributed by atoms with Crippen LogP contribution in [0.1, 0.15) is 24.8 Å². The highest BCUT2D eigenvalue weighted by atomic mass is 15.0. The first kappa shape index (κ1) is 17.8. The second kappa shape index (κ2) is 6.83. The Hall–Kier alpha value is -3.84. The van der Waals surface area contributed by atoms with Crippen LogP contribution in [-0.2, 0) is 0 Å². The third kappa shape index (κ3) is 2.51. The largest absolute Gasteiger partial charge is 0.313 e. The van der Waals surface area contributed by atoms with Crippen molar-refractivity contribution in [2.24, 2.45) is 0 Å². The van der Waals surface area contributed by atoms with Gasteiger partial charge in [0.05, 0.1) is 11.0 Å². The van der Waals surface area contributed by atoms with Crippen molar-refractivity contribution in [2.45, 2.75) is 19.3 Å². The Morgan fingerprint density at radius 1 is 0.625 bits per heavy atom. The van der Waals surface area contributed by atoms with Crippen LogP contribution in [0, 0.1) is 0 Å². The third-order valence-electron chi connectivity index (χ3n) is 7.04. The monoisotopic (exact) mass is 409 g/mol. The highest BCUT2D eigenvalue weighted by molar-refractivity contribution is 6.11. The van der Waals surface area contributed by atoms with Crippen LogP contribution in [0.3, 0.4) is 0 Å². The van der Waals surface area contributed by atoms with E-state index in [2.05, 4.69) is 108 Å². The van der Waals surface area contributed by atoms with E-state index in [0.717, 1.165) is 19.3 Å². The molecule has 2 aliphatic carbocycles. The quantitative estimate of drug-likeness (QED) is 0.308. The van der Waals surface area contributed by atoms with Gasteiger partial charge in [0.25, 0.3) is 0 Å². The maximum Gasteiger partial charge on any atom is 0.0537 e. The van der Waals surface area contributed by atoms with Crippen molar-refractivity contribution in [3.8, 4) is 0 Å². The van der Waals surface area contributed by atoms with Crippen LogP contribution >= 0.6 is 0 Å². The summed E-state index contributed by atoms with van der Waals surface area (Å²) in [6.45, 7) is 0. The summed E-state index contributed by atoms with van der Waals surface area (Å²) in [5.41, 5.74) is 6.75. The van der Waals surface area contributed by atoms with Crippen LogP contribution in [-0.4, -0.2) is 4.57 Å². The lowest BCUT2D eigenvalue weighted by molar-refractivity contribution is 1.11. The molecule has 5 aromatic rings. The first-order valence-electron chi connectivity index (χ1n) is 11.5. The lowest BCUT2D eigenvalue weighted by Crippen LogP contribution is -2.30. The third-order valence-corrected chi connectivity index (χ3v) is 7.04. The molecule has 0 atom stereocenters. The molecule has 2 aliphatic rings. The second-order valence-electron chi connectivity index (χ2n) is 8.86. The molecule has 1 heterocycles. The summed E-state index contributed by atoms with van der Waals surface area (Å²) in [6, 6.07) is 28.8. The highest BCUT2D eigenvalue weighted by Crippen LogP contribution is 2.38. The summed E-state index contributed by atoms with van der Waals surface area (Å²) < 4.78 is 2.46. The van der Waals surface area contributed by atoms with Crippen molar-refractivity contribution in [3.63, 3.8) is 0 Å². The van der Waals surface area contributed by atoms with Gasteiger partial charge in [0, 0.05) is 22.9 Å². The molecule has 7 rings (SSSR count). The molecule has 0 bridgehead atoms. The van der Waals surface area contributed by atoms with Crippen LogP contribution in [0.15, 0.2) is 91.0 Å². The summed E-state index contributed by atoms with van der Waals surface area (Å²) in [6.07, 6.45) is 12.7. The van der Waals surface area contributed by atoms with E-state index in [1.165, 1.54) is 59.8 Å².